The van der Waals surface area contributed by atoms with Crippen molar-refractivity contribution in [3.05, 3.63) is 47.8 Å². The van der Waals surface area contributed by atoms with Crippen LogP contribution in [-0.2, 0) is 4.79 Å². The lowest BCUT2D eigenvalue weighted by atomic mass is 9.97. The van der Waals surface area contributed by atoms with Gasteiger partial charge in [-0.2, -0.15) is 5.10 Å². The molecule has 0 aliphatic carbocycles. The molecule has 1 aromatic heterocycles. The van der Waals surface area contributed by atoms with Gasteiger partial charge in [0.05, 0.1) is 5.69 Å². The van der Waals surface area contributed by atoms with Gasteiger partial charge in [-0.25, -0.2) is 4.68 Å². The Hall–Kier alpha value is -3.16. The van der Waals surface area contributed by atoms with Crippen LogP contribution in [0.5, 0.6) is 0 Å². The molecular weight excluding hydrogens is 348 g/mol. The van der Waals surface area contributed by atoms with Crippen LogP contribution in [0.25, 0.3) is 5.69 Å². The van der Waals surface area contributed by atoms with E-state index in [-0.39, 0.29) is 29.8 Å². The smallest absolute Gasteiger partial charge is 0.303 e. The maximum atomic E-state index is 13.0. The van der Waals surface area contributed by atoms with Crippen molar-refractivity contribution in [2.75, 3.05) is 6.54 Å². The standard InChI is InChI=1S/C19H22N4O4/c20-18(26)16-12-15(21-23(16)14-7-2-1-3-8-14)19(27)22-11-5-4-6-13(22)9-10-17(24)25/h1-3,7-8,12-13H,4-6,9-11H2,(H2,20,26)(H,24,25). The van der Waals surface area contributed by atoms with Gasteiger partial charge in [0, 0.05) is 25.1 Å². The van der Waals surface area contributed by atoms with Crippen molar-refractivity contribution in [1.82, 2.24) is 14.7 Å². The molecule has 1 saturated heterocycles. The quantitative estimate of drug-likeness (QED) is 0.804. The lowest BCUT2D eigenvalue weighted by molar-refractivity contribution is -0.137. The van der Waals surface area contributed by atoms with Gasteiger partial charge in [-0.1, -0.05) is 18.2 Å². The largest absolute Gasteiger partial charge is 0.481 e. The zero-order valence-corrected chi connectivity index (χ0v) is 14.9. The highest BCUT2D eigenvalue weighted by molar-refractivity contribution is 5.97. The van der Waals surface area contributed by atoms with Gasteiger partial charge in [-0.3, -0.25) is 14.4 Å². The van der Waals surface area contributed by atoms with E-state index in [2.05, 4.69) is 5.10 Å². The summed E-state index contributed by atoms with van der Waals surface area (Å²) < 4.78 is 1.37. The van der Waals surface area contributed by atoms with E-state index in [1.54, 1.807) is 29.2 Å². The number of carbonyl (C=O) groups excluding carboxylic acids is 2. The summed E-state index contributed by atoms with van der Waals surface area (Å²) >= 11 is 0. The highest BCUT2D eigenvalue weighted by Gasteiger charge is 2.30. The molecule has 1 aliphatic heterocycles. The number of aromatic nitrogens is 2. The van der Waals surface area contributed by atoms with Gasteiger partial charge < -0.3 is 15.7 Å². The fourth-order valence-electron chi connectivity index (χ4n) is 3.43. The monoisotopic (exact) mass is 370 g/mol. The van der Waals surface area contributed by atoms with Crippen LogP contribution in [0.4, 0.5) is 0 Å². The fourth-order valence-corrected chi connectivity index (χ4v) is 3.43. The van der Waals surface area contributed by atoms with Crippen LogP contribution in [0.15, 0.2) is 36.4 Å². The number of hydrogen-bond donors (Lipinski definition) is 2. The zero-order chi connectivity index (χ0) is 19.4. The number of benzene rings is 1. The Bertz CT molecular complexity index is 847. The second-order valence-corrected chi connectivity index (χ2v) is 6.61. The molecule has 3 N–H and O–H groups in total. The van der Waals surface area contributed by atoms with Gasteiger partial charge in [0.2, 0.25) is 0 Å². The molecule has 27 heavy (non-hydrogen) atoms. The Morgan fingerprint density at radius 2 is 1.93 bits per heavy atom. The molecule has 1 unspecified atom stereocenters. The molecule has 0 saturated carbocycles. The number of carboxylic acids is 1. The number of rotatable bonds is 6. The maximum Gasteiger partial charge on any atom is 0.303 e. The van der Waals surface area contributed by atoms with Crippen molar-refractivity contribution >= 4 is 17.8 Å². The molecule has 0 radical (unpaired) electrons. The summed E-state index contributed by atoms with van der Waals surface area (Å²) in [5.74, 6) is -1.86. The Morgan fingerprint density at radius 3 is 2.59 bits per heavy atom. The predicted molar refractivity (Wildman–Crippen MR) is 97.6 cm³/mol. The minimum atomic E-state index is -0.877. The summed E-state index contributed by atoms with van der Waals surface area (Å²) in [7, 11) is 0. The summed E-state index contributed by atoms with van der Waals surface area (Å²) in [6, 6.07) is 10.2. The summed E-state index contributed by atoms with van der Waals surface area (Å²) in [4.78, 5) is 37.4. The normalized spacial score (nSPS) is 16.9. The molecule has 2 amide bonds. The van der Waals surface area contributed by atoms with Crippen LogP contribution in [0.2, 0.25) is 0 Å². The van der Waals surface area contributed by atoms with Gasteiger partial charge in [-0.05, 0) is 37.8 Å². The third-order valence-electron chi connectivity index (χ3n) is 4.76. The number of carbonyl (C=O) groups is 3. The van der Waals surface area contributed by atoms with Crippen LogP contribution >= 0.6 is 0 Å². The first-order valence-electron chi connectivity index (χ1n) is 8.95. The van der Waals surface area contributed by atoms with Crippen LogP contribution in [0, 0.1) is 0 Å². The topological polar surface area (TPSA) is 119 Å². The van der Waals surface area contributed by atoms with Crippen molar-refractivity contribution < 1.29 is 19.5 Å². The molecule has 1 aliphatic rings. The number of carboxylic acid groups (broad SMARTS) is 1. The van der Waals surface area contributed by atoms with Gasteiger partial charge >= 0.3 is 5.97 Å². The first kappa shape index (κ1) is 18.6. The highest BCUT2D eigenvalue weighted by atomic mass is 16.4. The molecule has 3 rings (SSSR count). The van der Waals surface area contributed by atoms with Gasteiger partial charge in [0.15, 0.2) is 5.69 Å². The second-order valence-electron chi connectivity index (χ2n) is 6.61. The average Bonchev–Trinajstić information content (AvgIpc) is 3.12. The Labute approximate surface area is 156 Å². The maximum absolute atomic E-state index is 13.0. The van der Waals surface area contributed by atoms with E-state index in [1.165, 1.54) is 10.7 Å². The zero-order valence-electron chi connectivity index (χ0n) is 14.9. The SMILES string of the molecule is NC(=O)c1cc(C(=O)N2CCCCC2CCC(=O)O)nn1-c1ccccc1. The number of amides is 2. The van der Waals surface area contributed by atoms with Crippen molar-refractivity contribution in [3.63, 3.8) is 0 Å². The number of para-hydroxylation sites is 1. The summed E-state index contributed by atoms with van der Waals surface area (Å²) in [6.07, 6.45) is 3.00. The number of primary amides is 1. The van der Waals surface area contributed by atoms with Crippen molar-refractivity contribution in [2.24, 2.45) is 5.73 Å². The van der Waals surface area contributed by atoms with E-state index in [1.807, 2.05) is 6.07 Å². The third-order valence-corrected chi connectivity index (χ3v) is 4.76. The number of aliphatic carboxylic acids is 1. The van der Waals surface area contributed by atoms with Crippen molar-refractivity contribution in [2.45, 2.75) is 38.1 Å². The number of nitrogens with zero attached hydrogens (tertiary/aromatic N) is 3. The average molecular weight is 370 g/mol. The van der Waals surface area contributed by atoms with Crippen LogP contribution in [-0.4, -0.2) is 50.2 Å². The van der Waals surface area contributed by atoms with E-state index < -0.39 is 11.9 Å². The van der Waals surface area contributed by atoms with E-state index >= 15 is 0 Å². The summed E-state index contributed by atoms with van der Waals surface area (Å²) in [6.45, 7) is 0.549. The summed E-state index contributed by atoms with van der Waals surface area (Å²) in [5.41, 5.74) is 6.36. The molecule has 0 spiro atoms. The van der Waals surface area contributed by atoms with Gasteiger partial charge in [0.25, 0.3) is 11.8 Å². The fraction of sp³-hybridized carbons (Fsp3) is 0.368. The Balaban J connectivity index is 1.89. The molecule has 142 valence electrons. The van der Waals surface area contributed by atoms with Crippen molar-refractivity contribution in [1.29, 1.82) is 0 Å². The number of hydrogen-bond acceptors (Lipinski definition) is 4. The molecule has 1 fully saturated rings. The molecule has 1 aromatic carbocycles. The molecular formula is C19H22N4O4. The third kappa shape index (κ3) is 4.16. The first-order valence-corrected chi connectivity index (χ1v) is 8.95. The molecule has 0 bridgehead atoms. The molecule has 8 nitrogen and oxygen atoms in total. The summed E-state index contributed by atoms with van der Waals surface area (Å²) in [5, 5.41) is 13.3. The first-order chi connectivity index (χ1) is 13.0. The van der Waals surface area contributed by atoms with Crippen LogP contribution in [0.3, 0.4) is 0 Å². The van der Waals surface area contributed by atoms with Crippen molar-refractivity contribution in [3.8, 4) is 5.69 Å². The van der Waals surface area contributed by atoms with Gasteiger partial charge in [-0.15, -0.1) is 0 Å². The number of nitrogens with two attached hydrogens (primary N) is 1. The number of likely N-dealkylation sites (tertiary alicyclic amines) is 1. The lowest BCUT2D eigenvalue weighted by Crippen LogP contribution is -2.44. The Morgan fingerprint density at radius 1 is 1.19 bits per heavy atom. The molecule has 2 heterocycles. The highest BCUT2D eigenvalue weighted by Crippen LogP contribution is 2.23. The Kier molecular flexibility index (Phi) is 5.54. The van der Waals surface area contributed by atoms with Gasteiger partial charge in [0.1, 0.15) is 5.69 Å². The molecule has 1 atom stereocenters. The minimum Gasteiger partial charge on any atom is -0.481 e. The minimum absolute atomic E-state index is 0.0133. The van der Waals surface area contributed by atoms with Crippen LogP contribution in [0.1, 0.15) is 53.1 Å². The lowest BCUT2D eigenvalue weighted by Gasteiger charge is -2.35. The van der Waals surface area contributed by atoms with E-state index in [9.17, 15) is 14.4 Å². The van der Waals surface area contributed by atoms with E-state index in [0.717, 1.165) is 19.3 Å². The predicted octanol–water partition coefficient (Wildman–Crippen LogP) is 1.83. The van der Waals surface area contributed by atoms with E-state index in [4.69, 9.17) is 10.8 Å². The second kappa shape index (κ2) is 8.03. The van der Waals surface area contributed by atoms with E-state index in [0.29, 0.717) is 18.7 Å². The number of piperidine rings is 1. The van der Waals surface area contributed by atoms with Crippen LogP contribution < -0.4 is 5.73 Å². The molecule has 2 aromatic rings. The molecule has 8 heteroatoms.